The maximum Gasteiger partial charge on any atom is 0.272 e. The van der Waals surface area contributed by atoms with Gasteiger partial charge in [0, 0.05) is 41.7 Å². The van der Waals surface area contributed by atoms with Crippen molar-refractivity contribution in [2.75, 3.05) is 24.3 Å². The first kappa shape index (κ1) is 26.7. The van der Waals surface area contributed by atoms with Crippen LogP contribution in [-0.4, -0.2) is 25.9 Å². The lowest BCUT2D eigenvalue weighted by molar-refractivity contribution is -0.113. The van der Waals surface area contributed by atoms with Crippen molar-refractivity contribution in [1.82, 2.24) is 5.32 Å². The second-order valence-corrected chi connectivity index (χ2v) is 9.77. The topological polar surface area (TPSA) is 61.4 Å². The molecular formula is C31H28FN3O2S. The summed E-state index contributed by atoms with van der Waals surface area (Å²) < 4.78 is 14.0. The average Bonchev–Trinajstić information content (AvgIpc) is 2.93. The van der Waals surface area contributed by atoms with Crippen LogP contribution in [0.3, 0.4) is 0 Å². The van der Waals surface area contributed by atoms with Crippen LogP contribution >= 0.6 is 11.8 Å². The molecule has 0 aliphatic rings. The number of carbonyl (C=O) groups is 2. The van der Waals surface area contributed by atoms with E-state index in [9.17, 15) is 14.0 Å². The highest BCUT2D eigenvalue weighted by Crippen LogP contribution is 2.26. The van der Waals surface area contributed by atoms with E-state index in [0.717, 1.165) is 16.1 Å². The highest BCUT2D eigenvalue weighted by molar-refractivity contribution is 7.98. The molecule has 0 saturated carbocycles. The van der Waals surface area contributed by atoms with Crippen molar-refractivity contribution in [3.8, 4) is 0 Å². The molecule has 5 nitrogen and oxygen atoms in total. The van der Waals surface area contributed by atoms with Gasteiger partial charge in [-0.1, -0.05) is 54.6 Å². The van der Waals surface area contributed by atoms with Crippen LogP contribution in [0.15, 0.2) is 114 Å². The Balaban J connectivity index is 1.53. The fourth-order valence-electron chi connectivity index (χ4n) is 3.62. The Morgan fingerprint density at radius 2 is 1.58 bits per heavy atom. The van der Waals surface area contributed by atoms with Gasteiger partial charge in [-0.3, -0.25) is 9.59 Å². The second-order valence-electron chi connectivity index (χ2n) is 8.73. The molecule has 0 bridgehead atoms. The van der Waals surface area contributed by atoms with Crippen molar-refractivity contribution in [2.45, 2.75) is 10.6 Å². The summed E-state index contributed by atoms with van der Waals surface area (Å²) in [6.45, 7) is 0. The van der Waals surface area contributed by atoms with E-state index < -0.39 is 5.91 Å². The molecule has 0 radical (unpaired) electrons. The molecule has 0 atom stereocenters. The molecule has 0 spiro atoms. The van der Waals surface area contributed by atoms with Crippen molar-refractivity contribution in [1.29, 1.82) is 0 Å². The van der Waals surface area contributed by atoms with E-state index in [1.54, 1.807) is 54.6 Å². The molecule has 38 heavy (non-hydrogen) atoms. The molecule has 4 aromatic carbocycles. The number of thioether (sulfide) groups is 1. The summed E-state index contributed by atoms with van der Waals surface area (Å²) in [4.78, 5) is 29.1. The monoisotopic (exact) mass is 525 g/mol. The molecule has 0 aromatic heterocycles. The van der Waals surface area contributed by atoms with Crippen LogP contribution < -0.4 is 15.5 Å². The van der Waals surface area contributed by atoms with Gasteiger partial charge in [-0.05, 0) is 65.7 Å². The molecule has 0 fully saturated rings. The normalized spacial score (nSPS) is 11.1. The Hall–Kier alpha value is -4.36. The number of anilines is 2. The number of carbonyl (C=O) groups excluding carboxylic acids is 2. The number of hydrogen-bond donors (Lipinski definition) is 2. The van der Waals surface area contributed by atoms with Gasteiger partial charge in [0.2, 0.25) is 0 Å². The van der Waals surface area contributed by atoms with E-state index in [2.05, 4.69) is 10.6 Å². The first-order valence-corrected chi connectivity index (χ1v) is 13.0. The third-order valence-electron chi connectivity index (χ3n) is 5.69. The van der Waals surface area contributed by atoms with Gasteiger partial charge in [-0.2, -0.15) is 0 Å². The van der Waals surface area contributed by atoms with Crippen LogP contribution in [0, 0.1) is 5.82 Å². The minimum Gasteiger partial charge on any atom is -0.378 e. The number of rotatable bonds is 9. The molecule has 2 N–H and O–H groups in total. The molecule has 4 rings (SSSR count). The summed E-state index contributed by atoms with van der Waals surface area (Å²) in [5.74, 6) is -0.619. The van der Waals surface area contributed by atoms with Crippen molar-refractivity contribution in [3.63, 3.8) is 0 Å². The van der Waals surface area contributed by atoms with Crippen LogP contribution in [0.5, 0.6) is 0 Å². The molecule has 4 aromatic rings. The molecule has 7 heteroatoms. The standard InChI is InChI=1S/C31H28FN3O2S/c1-35(2)26-17-15-22(16-18-26)19-29(34-30(36)23-9-4-3-5-10-23)31(37)33-25-12-8-13-27(20-25)38-21-24-11-6-7-14-28(24)32/h3-20H,21H2,1-2H3,(H,33,37)(H,34,36)/b29-19+. The summed E-state index contributed by atoms with van der Waals surface area (Å²) in [6, 6.07) is 30.4. The zero-order valence-corrected chi connectivity index (χ0v) is 22.0. The summed E-state index contributed by atoms with van der Waals surface area (Å²) in [6.07, 6.45) is 1.65. The lowest BCUT2D eigenvalue weighted by Gasteiger charge is -2.14. The smallest absolute Gasteiger partial charge is 0.272 e. The number of nitrogens with one attached hydrogen (secondary N) is 2. The summed E-state index contributed by atoms with van der Waals surface area (Å²) in [5, 5.41) is 5.64. The van der Waals surface area contributed by atoms with Crippen molar-refractivity contribution < 1.29 is 14.0 Å². The maximum absolute atomic E-state index is 14.0. The molecule has 192 valence electrons. The molecule has 0 saturated heterocycles. The van der Waals surface area contributed by atoms with Gasteiger partial charge in [0.15, 0.2) is 0 Å². The predicted octanol–water partition coefficient (Wildman–Crippen LogP) is 6.59. The number of hydrogen-bond acceptors (Lipinski definition) is 4. The minimum absolute atomic E-state index is 0.112. The molecule has 0 aliphatic heterocycles. The van der Waals surface area contributed by atoms with Gasteiger partial charge in [0.05, 0.1) is 0 Å². The van der Waals surface area contributed by atoms with Gasteiger partial charge in [-0.15, -0.1) is 11.8 Å². The Bertz CT molecular complexity index is 1440. The predicted molar refractivity (Wildman–Crippen MR) is 154 cm³/mol. The number of nitrogens with zero attached hydrogens (tertiary/aromatic N) is 1. The number of halogens is 1. The summed E-state index contributed by atoms with van der Waals surface area (Å²) >= 11 is 1.47. The molecule has 0 aliphatic carbocycles. The van der Waals surface area contributed by atoms with E-state index in [1.165, 1.54) is 17.8 Å². The Kier molecular flexibility index (Phi) is 8.95. The van der Waals surface area contributed by atoms with Gasteiger partial charge in [-0.25, -0.2) is 4.39 Å². The fraction of sp³-hybridized carbons (Fsp3) is 0.0968. The lowest BCUT2D eigenvalue weighted by Crippen LogP contribution is -2.30. The van der Waals surface area contributed by atoms with Crippen LogP contribution in [0.2, 0.25) is 0 Å². The average molecular weight is 526 g/mol. The highest BCUT2D eigenvalue weighted by Gasteiger charge is 2.15. The van der Waals surface area contributed by atoms with E-state index in [-0.39, 0.29) is 17.4 Å². The third-order valence-corrected chi connectivity index (χ3v) is 6.74. The van der Waals surface area contributed by atoms with Gasteiger partial charge in [0.25, 0.3) is 11.8 Å². The van der Waals surface area contributed by atoms with E-state index >= 15 is 0 Å². The molecule has 2 amide bonds. The van der Waals surface area contributed by atoms with Gasteiger partial charge in [0.1, 0.15) is 11.5 Å². The fourth-order valence-corrected chi connectivity index (χ4v) is 4.56. The second kappa shape index (κ2) is 12.7. The van der Waals surface area contributed by atoms with Crippen molar-refractivity contribution >= 4 is 41.0 Å². The highest BCUT2D eigenvalue weighted by atomic mass is 32.2. The van der Waals surface area contributed by atoms with E-state index in [1.807, 2.05) is 67.5 Å². The largest absolute Gasteiger partial charge is 0.378 e. The van der Waals surface area contributed by atoms with Gasteiger partial charge >= 0.3 is 0 Å². The van der Waals surface area contributed by atoms with Crippen molar-refractivity contribution in [2.24, 2.45) is 0 Å². The zero-order valence-electron chi connectivity index (χ0n) is 21.1. The SMILES string of the molecule is CN(C)c1ccc(/C=C(/NC(=O)c2ccccc2)C(=O)Nc2cccc(SCc3ccccc3F)c2)cc1. The van der Waals surface area contributed by atoms with Crippen LogP contribution in [-0.2, 0) is 10.5 Å². The molecule has 0 heterocycles. The summed E-state index contributed by atoms with van der Waals surface area (Å²) in [7, 11) is 3.90. The number of benzene rings is 4. The summed E-state index contributed by atoms with van der Waals surface area (Å²) in [5.41, 5.74) is 3.52. The molecular weight excluding hydrogens is 497 g/mol. The lowest BCUT2D eigenvalue weighted by atomic mass is 10.1. The van der Waals surface area contributed by atoms with E-state index in [0.29, 0.717) is 22.6 Å². The van der Waals surface area contributed by atoms with Crippen LogP contribution in [0.1, 0.15) is 21.5 Å². The maximum atomic E-state index is 14.0. The minimum atomic E-state index is -0.456. The Morgan fingerprint density at radius 1 is 0.868 bits per heavy atom. The zero-order chi connectivity index (χ0) is 26.9. The van der Waals surface area contributed by atoms with Gasteiger partial charge < -0.3 is 15.5 Å². The van der Waals surface area contributed by atoms with Crippen molar-refractivity contribution in [3.05, 3.63) is 131 Å². The first-order chi connectivity index (χ1) is 18.4. The Labute approximate surface area is 226 Å². The number of amides is 2. The van der Waals surface area contributed by atoms with E-state index in [4.69, 9.17) is 0 Å². The first-order valence-electron chi connectivity index (χ1n) is 12.0. The molecule has 0 unspecified atom stereocenters. The Morgan fingerprint density at radius 3 is 2.29 bits per heavy atom. The third kappa shape index (κ3) is 7.33. The van der Waals surface area contributed by atoms with Crippen LogP contribution in [0.25, 0.3) is 6.08 Å². The quantitative estimate of drug-likeness (QED) is 0.191. The van der Waals surface area contributed by atoms with Crippen LogP contribution in [0.4, 0.5) is 15.8 Å².